The number of nitrogens with zero attached hydrogens (tertiary/aromatic N) is 1. The Kier molecular flexibility index (Phi) is 3.86. The lowest BCUT2D eigenvalue weighted by Gasteiger charge is -2.11. The van der Waals surface area contributed by atoms with Crippen LogP contribution in [0.5, 0.6) is 0 Å². The van der Waals surface area contributed by atoms with Crippen molar-refractivity contribution in [3.8, 4) is 0 Å². The minimum absolute atomic E-state index is 0.311. The van der Waals surface area contributed by atoms with E-state index < -0.39 is 0 Å². The maximum atomic E-state index is 11.9. The van der Waals surface area contributed by atoms with Crippen molar-refractivity contribution < 1.29 is 4.79 Å². The first-order valence-electron chi connectivity index (χ1n) is 5.98. The Hall–Kier alpha value is -1.44. The lowest BCUT2D eigenvalue weighted by Crippen LogP contribution is -2.07. The van der Waals surface area contributed by atoms with Gasteiger partial charge >= 0.3 is 0 Å². The van der Waals surface area contributed by atoms with Gasteiger partial charge in [-0.25, -0.2) is 0 Å². The summed E-state index contributed by atoms with van der Waals surface area (Å²) in [7, 11) is 0. The normalized spacial score (nSPS) is 15.6. The van der Waals surface area contributed by atoms with Crippen molar-refractivity contribution in [2.24, 2.45) is 0 Å². The molecule has 1 aromatic rings. The van der Waals surface area contributed by atoms with Crippen LogP contribution >= 0.6 is 0 Å². The third kappa shape index (κ3) is 3.02. The summed E-state index contributed by atoms with van der Waals surface area (Å²) in [6, 6.07) is 5.84. The van der Waals surface area contributed by atoms with E-state index in [1.165, 1.54) is 12.8 Å². The molecule has 0 aliphatic heterocycles. The van der Waals surface area contributed by atoms with Gasteiger partial charge in [-0.2, -0.15) is 0 Å². The molecule has 1 aromatic heterocycles. The van der Waals surface area contributed by atoms with Crippen molar-refractivity contribution >= 4 is 5.78 Å². The molecule has 2 nitrogen and oxygen atoms in total. The van der Waals surface area contributed by atoms with Crippen LogP contribution in [0.25, 0.3) is 0 Å². The van der Waals surface area contributed by atoms with Crippen LogP contribution in [0.2, 0.25) is 0 Å². The van der Waals surface area contributed by atoms with Crippen molar-refractivity contribution in [3.63, 3.8) is 0 Å². The number of allylic oxidation sites excluding steroid dienone is 2. The van der Waals surface area contributed by atoms with Gasteiger partial charge in [0.15, 0.2) is 5.78 Å². The maximum Gasteiger partial charge on any atom is 0.158 e. The van der Waals surface area contributed by atoms with E-state index in [4.69, 9.17) is 0 Å². The molecule has 0 saturated carbocycles. The number of aromatic nitrogens is 1. The number of hydrogen-bond acceptors (Lipinski definition) is 2. The highest BCUT2D eigenvalue weighted by Gasteiger charge is 2.12. The topological polar surface area (TPSA) is 30.0 Å². The average molecular weight is 215 g/mol. The van der Waals surface area contributed by atoms with Gasteiger partial charge in [0.1, 0.15) is 0 Å². The van der Waals surface area contributed by atoms with E-state index in [1.807, 2.05) is 18.2 Å². The summed E-state index contributed by atoms with van der Waals surface area (Å²) in [4.78, 5) is 16.1. The Morgan fingerprint density at radius 3 is 2.94 bits per heavy atom. The van der Waals surface area contributed by atoms with Gasteiger partial charge in [-0.15, -0.1) is 0 Å². The van der Waals surface area contributed by atoms with Crippen molar-refractivity contribution in [3.05, 3.63) is 41.7 Å². The first kappa shape index (κ1) is 11.1. The largest absolute Gasteiger partial charge is 0.295 e. The van der Waals surface area contributed by atoms with Crippen LogP contribution in [0.15, 0.2) is 36.0 Å². The van der Waals surface area contributed by atoms with Gasteiger partial charge in [-0.05, 0) is 49.8 Å². The van der Waals surface area contributed by atoms with E-state index in [1.54, 1.807) is 6.20 Å². The lowest BCUT2D eigenvalue weighted by molar-refractivity contribution is -0.115. The molecule has 0 atom stereocenters. The van der Waals surface area contributed by atoms with Crippen molar-refractivity contribution in [1.82, 2.24) is 4.98 Å². The molecule has 0 fully saturated rings. The Morgan fingerprint density at radius 1 is 1.31 bits per heavy atom. The Labute approximate surface area is 96.4 Å². The summed E-state index contributed by atoms with van der Waals surface area (Å²) >= 11 is 0. The van der Waals surface area contributed by atoms with Gasteiger partial charge in [0.05, 0.1) is 0 Å². The summed E-state index contributed by atoms with van der Waals surface area (Å²) in [5, 5.41) is 0. The van der Waals surface area contributed by atoms with Gasteiger partial charge in [0.2, 0.25) is 0 Å². The average Bonchev–Trinajstić information content (AvgIpc) is 2.38. The molecule has 0 N–H and O–H groups in total. The molecular formula is C14H17NO. The van der Waals surface area contributed by atoms with Gasteiger partial charge in [0, 0.05) is 18.3 Å². The minimum atomic E-state index is 0.311. The number of hydrogen-bond donors (Lipinski definition) is 0. The summed E-state index contributed by atoms with van der Waals surface area (Å²) < 4.78 is 0. The fraction of sp³-hybridized carbons (Fsp3) is 0.429. The van der Waals surface area contributed by atoms with Crippen LogP contribution in [-0.2, 0) is 11.2 Å². The summed E-state index contributed by atoms with van der Waals surface area (Å²) in [6.45, 7) is 0. The molecule has 84 valence electrons. The zero-order valence-electron chi connectivity index (χ0n) is 9.48. The maximum absolute atomic E-state index is 11.9. The molecule has 1 aliphatic carbocycles. The number of ketones is 1. The number of aryl methyl sites for hydroxylation is 1. The summed E-state index contributed by atoms with van der Waals surface area (Å²) in [6.07, 6.45) is 9.70. The Morgan fingerprint density at radius 2 is 2.25 bits per heavy atom. The molecule has 0 unspecified atom stereocenters. The molecule has 2 heteroatoms. The van der Waals surface area contributed by atoms with Crippen molar-refractivity contribution in [2.75, 3.05) is 0 Å². The molecule has 0 radical (unpaired) electrons. The quantitative estimate of drug-likeness (QED) is 0.772. The van der Waals surface area contributed by atoms with Crippen LogP contribution < -0.4 is 0 Å². The van der Waals surface area contributed by atoms with E-state index in [0.717, 1.165) is 30.5 Å². The van der Waals surface area contributed by atoms with Gasteiger partial charge in [0.25, 0.3) is 0 Å². The SMILES string of the molecule is O=C(CCc1ccccn1)C1=CCCCC1. The molecule has 0 aromatic carbocycles. The zero-order chi connectivity index (χ0) is 11.2. The molecule has 0 saturated heterocycles. The molecular weight excluding hydrogens is 198 g/mol. The Bertz CT molecular complexity index is 381. The molecule has 1 heterocycles. The zero-order valence-corrected chi connectivity index (χ0v) is 9.48. The number of carbonyl (C=O) groups excluding carboxylic acids is 1. The minimum Gasteiger partial charge on any atom is -0.295 e. The fourth-order valence-corrected chi connectivity index (χ4v) is 2.04. The highest BCUT2D eigenvalue weighted by molar-refractivity contribution is 5.95. The van der Waals surface area contributed by atoms with Crippen LogP contribution in [0.4, 0.5) is 0 Å². The summed E-state index contributed by atoms with van der Waals surface area (Å²) in [5.41, 5.74) is 2.05. The van der Waals surface area contributed by atoms with Crippen LogP contribution in [-0.4, -0.2) is 10.8 Å². The first-order chi connectivity index (χ1) is 7.86. The molecule has 0 bridgehead atoms. The monoisotopic (exact) mass is 215 g/mol. The Balaban J connectivity index is 1.86. The predicted molar refractivity (Wildman–Crippen MR) is 64.1 cm³/mol. The van der Waals surface area contributed by atoms with Crippen molar-refractivity contribution in [2.45, 2.75) is 38.5 Å². The van der Waals surface area contributed by atoms with Crippen LogP contribution in [0.3, 0.4) is 0 Å². The van der Waals surface area contributed by atoms with Crippen molar-refractivity contribution in [1.29, 1.82) is 0 Å². The van der Waals surface area contributed by atoms with Gasteiger partial charge < -0.3 is 0 Å². The highest BCUT2D eigenvalue weighted by atomic mass is 16.1. The van der Waals surface area contributed by atoms with Gasteiger partial charge in [-0.3, -0.25) is 9.78 Å². The van der Waals surface area contributed by atoms with Crippen LogP contribution in [0, 0.1) is 0 Å². The number of Topliss-reactive ketones (excluding diaryl/α,β-unsaturated/α-hetero) is 1. The second kappa shape index (κ2) is 5.59. The van der Waals surface area contributed by atoms with Crippen LogP contribution in [0.1, 0.15) is 37.8 Å². The first-order valence-corrected chi connectivity index (χ1v) is 5.98. The second-order valence-corrected chi connectivity index (χ2v) is 4.22. The molecule has 16 heavy (non-hydrogen) atoms. The predicted octanol–water partition coefficient (Wildman–Crippen LogP) is 3.08. The molecule has 1 aliphatic rings. The highest BCUT2D eigenvalue weighted by Crippen LogP contribution is 2.19. The number of carbonyl (C=O) groups is 1. The second-order valence-electron chi connectivity index (χ2n) is 4.22. The third-order valence-corrected chi connectivity index (χ3v) is 2.98. The van der Waals surface area contributed by atoms with E-state index in [-0.39, 0.29) is 0 Å². The summed E-state index contributed by atoms with van der Waals surface area (Å²) in [5.74, 6) is 0.311. The van der Waals surface area contributed by atoms with E-state index in [0.29, 0.717) is 12.2 Å². The molecule has 0 spiro atoms. The number of rotatable bonds is 4. The number of pyridine rings is 1. The lowest BCUT2D eigenvalue weighted by atomic mass is 9.94. The van der Waals surface area contributed by atoms with E-state index in [9.17, 15) is 4.79 Å². The standard InChI is InChI=1S/C14H17NO/c16-14(12-6-2-1-3-7-12)10-9-13-8-4-5-11-15-13/h4-6,8,11H,1-3,7,9-10H2. The smallest absolute Gasteiger partial charge is 0.158 e. The third-order valence-electron chi connectivity index (χ3n) is 2.98. The van der Waals surface area contributed by atoms with Gasteiger partial charge in [-0.1, -0.05) is 12.1 Å². The molecule has 2 rings (SSSR count). The fourth-order valence-electron chi connectivity index (χ4n) is 2.04. The van der Waals surface area contributed by atoms with E-state index in [2.05, 4.69) is 11.1 Å². The molecule has 0 amide bonds. The van der Waals surface area contributed by atoms with E-state index >= 15 is 0 Å².